The zero-order valence-electron chi connectivity index (χ0n) is 14.6. The SMILES string of the molecule is O=C(CSc1ccc(F)cc1F)N1CCN(S(=O)(=O)c2cccc(Br)c2)CC1. The number of halogens is 3. The smallest absolute Gasteiger partial charge is 0.243 e. The van der Waals surface area contributed by atoms with Crippen LogP contribution in [0.2, 0.25) is 0 Å². The number of nitrogens with zero attached hydrogens (tertiary/aromatic N) is 2. The van der Waals surface area contributed by atoms with Crippen LogP contribution in [0.3, 0.4) is 0 Å². The second kappa shape index (κ2) is 8.89. The fourth-order valence-electron chi connectivity index (χ4n) is 2.78. The number of rotatable bonds is 5. The van der Waals surface area contributed by atoms with Crippen molar-refractivity contribution in [3.05, 3.63) is 58.6 Å². The lowest BCUT2D eigenvalue weighted by atomic mass is 10.3. The van der Waals surface area contributed by atoms with Crippen LogP contribution in [-0.2, 0) is 14.8 Å². The van der Waals surface area contributed by atoms with Gasteiger partial charge < -0.3 is 4.90 Å². The minimum absolute atomic E-state index is 0.000927. The maximum atomic E-state index is 13.7. The lowest BCUT2D eigenvalue weighted by Gasteiger charge is -2.34. The molecule has 1 aliphatic rings. The highest BCUT2D eigenvalue weighted by Gasteiger charge is 2.30. The number of amides is 1. The molecular weight excluding hydrogens is 474 g/mol. The van der Waals surface area contributed by atoms with Gasteiger partial charge in [0.1, 0.15) is 11.6 Å². The first-order chi connectivity index (χ1) is 13.3. The average molecular weight is 491 g/mol. The van der Waals surface area contributed by atoms with E-state index in [1.54, 1.807) is 23.1 Å². The molecule has 1 amide bonds. The van der Waals surface area contributed by atoms with Gasteiger partial charge in [-0.3, -0.25) is 4.79 Å². The first-order valence-electron chi connectivity index (χ1n) is 8.39. The topological polar surface area (TPSA) is 57.7 Å². The van der Waals surface area contributed by atoms with Crippen LogP contribution in [0.5, 0.6) is 0 Å². The van der Waals surface area contributed by atoms with E-state index < -0.39 is 21.7 Å². The number of piperazine rings is 1. The standard InChI is InChI=1S/C18H17BrF2N2O3S2/c19-13-2-1-3-15(10-13)28(25,26)23-8-6-22(7-9-23)18(24)12-27-17-5-4-14(20)11-16(17)21/h1-5,10-11H,6-9,12H2. The number of thioether (sulfide) groups is 1. The minimum Gasteiger partial charge on any atom is -0.339 e. The van der Waals surface area contributed by atoms with Crippen LogP contribution < -0.4 is 0 Å². The second-order valence-corrected chi connectivity index (χ2v) is 9.98. The van der Waals surface area contributed by atoms with Gasteiger partial charge in [0, 0.05) is 41.6 Å². The van der Waals surface area contributed by atoms with Gasteiger partial charge in [-0.05, 0) is 30.3 Å². The first-order valence-corrected chi connectivity index (χ1v) is 11.6. The molecule has 5 nitrogen and oxygen atoms in total. The van der Waals surface area contributed by atoms with E-state index in [9.17, 15) is 22.0 Å². The summed E-state index contributed by atoms with van der Waals surface area (Å²) in [5, 5.41) is 0. The third-order valence-electron chi connectivity index (χ3n) is 4.27. The lowest BCUT2D eigenvalue weighted by Crippen LogP contribution is -2.50. The van der Waals surface area contributed by atoms with Crippen LogP contribution >= 0.6 is 27.7 Å². The molecule has 0 aromatic heterocycles. The molecular formula is C18H17BrF2N2O3S2. The predicted octanol–water partition coefficient (Wildman–Crippen LogP) is 3.35. The van der Waals surface area contributed by atoms with Gasteiger partial charge in [0.25, 0.3) is 0 Å². The Labute approximate surface area is 174 Å². The highest BCUT2D eigenvalue weighted by Crippen LogP contribution is 2.24. The Balaban J connectivity index is 1.56. The molecule has 0 atom stereocenters. The van der Waals surface area contributed by atoms with E-state index >= 15 is 0 Å². The van der Waals surface area contributed by atoms with Gasteiger partial charge in [0.2, 0.25) is 15.9 Å². The summed E-state index contributed by atoms with van der Waals surface area (Å²) in [6.45, 7) is 0.906. The van der Waals surface area contributed by atoms with E-state index in [-0.39, 0.29) is 47.6 Å². The number of carbonyl (C=O) groups is 1. The monoisotopic (exact) mass is 490 g/mol. The molecule has 0 bridgehead atoms. The lowest BCUT2D eigenvalue weighted by molar-refractivity contribution is -0.129. The van der Waals surface area contributed by atoms with Crippen LogP contribution in [0.1, 0.15) is 0 Å². The zero-order valence-corrected chi connectivity index (χ0v) is 17.9. The molecule has 2 aromatic rings. The molecule has 2 aromatic carbocycles. The molecule has 28 heavy (non-hydrogen) atoms. The van der Waals surface area contributed by atoms with Crippen LogP contribution in [0.4, 0.5) is 8.78 Å². The van der Waals surface area contributed by atoms with E-state index in [0.717, 1.165) is 23.9 Å². The van der Waals surface area contributed by atoms with Crippen molar-refractivity contribution >= 4 is 43.6 Å². The summed E-state index contributed by atoms with van der Waals surface area (Å²) in [4.78, 5) is 14.3. The molecule has 1 saturated heterocycles. The largest absolute Gasteiger partial charge is 0.339 e. The number of sulfonamides is 1. The summed E-state index contributed by atoms with van der Waals surface area (Å²) in [6.07, 6.45) is 0. The van der Waals surface area contributed by atoms with Crippen molar-refractivity contribution in [1.29, 1.82) is 0 Å². The molecule has 0 aliphatic carbocycles. The third-order valence-corrected chi connectivity index (χ3v) is 7.69. The number of hydrogen-bond acceptors (Lipinski definition) is 4. The molecule has 1 aliphatic heterocycles. The van der Waals surface area contributed by atoms with Gasteiger partial charge in [-0.15, -0.1) is 11.8 Å². The van der Waals surface area contributed by atoms with Gasteiger partial charge in [-0.2, -0.15) is 4.31 Å². The Kier molecular flexibility index (Phi) is 6.74. The van der Waals surface area contributed by atoms with Crippen LogP contribution in [0.15, 0.2) is 56.7 Å². The Morgan fingerprint density at radius 1 is 1.07 bits per heavy atom. The molecule has 0 unspecified atom stereocenters. The Bertz CT molecular complexity index is 981. The summed E-state index contributed by atoms with van der Waals surface area (Å²) >= 11 is 4.26. The van der Waals surface area contributed by atoms with Crippen LogP contribution in [-0.4, -0.2) is 55.5 Å². The average Bonchev–Trinajstić information content (AvgIpc) is 2.67. The van der Waals surface area contributed by atoms with E-state index in [1.165, 1.54) is 16.4 Å². The predicted molar refractivity (Wildman–Crippen MR) is 107 cm³/mol. The van der Waals surface area contributed by atoms with Crippen molar-refractivity contribution in [2.75, 3.05) is 31.9 Å². The highest BCUT2D eigenvalue weighted by atomic mass is 79.9. The molecule has 1 heterocycles. The van der Waals surface area contributed by atoms with Crippen molar-refractivity contribution in [2.45, 2.75) is 9.79 Å². The summed E-state index contributed by atoms with van der Waals surface area (Å²) in [5.41, 5.74) is 0. The van der Waals surface area contributed by atoms with Crippen LogP contribution in [0.25, 0.3) is 0 Å². The van der Waals surface area contributed by atoms with Gasteiger partial charge >= 0.3 is 0 Å². The summed E-state index contributed by atoms with van der Waals surface area (Å²) < 4.78 is 54.0. The molecule has 0 spiro atoms. The summed E-state index contributed by atoms with van der Waals surface area (Å²) in [7, 11) is -3.62. The number of carbonyl (C=O) groups excluding carboxylic acids is 1. The minimum atomic E-state index is -3.62. The fraction of sp³-hybridized carbons (Fsp3) is 0.278. The Morgan fingerprint density at radius 2 is 1.79 bits per heavy atom. The van der Waals surface area contributed by atoms with Crippen molar-refractivity contribution < 1.29 is 22.0 Å². The summed E-state index contributed by atoms with van der Waals surface area (Å²) in [5.74, 6) is -1.59. The van der Waals surface area contributed by atoms with Gasteiger partial charge in [-0.1, -0.05) is 22.0 Å². The van der Waals surface area contributed by atoms with E-state index in [1.807, 2.05) is 0 Å². The quantitative estimate of drug-likeness (QED) is 0.603. The van der Waals surface area contributed by atoms with Crippen molar-refractivity contribution in [3.8, 4) is 0 Å². The van der Waals surface area contributed by atoms with Crippen molar-refractivity contribution in [3.63, 3.8) is 0 Å². The van der Waals surface area contributed by atoms with E-state index in [4.69, 9.17) is 0 Å². The van der Waals surface area contributed by atoms with Crippen molar-refractivity contribution in [2.24, 2.45) is 0 Å². The number of benzene rings is 2. The third kappa shape index (κ3) is 4.91. The molecule has 0 N–H and O–H groups in total. The molecule has 10 heteroatoms. The van der Waals surface area contributed by atoms with Gasteiger partial charge in [-0.25, -0.2) is 17.2 Å². The molecule has 0 radical (unpaired) electrons. The maximum absolute atomic E-state index is 13.7. The van der Waals surface area contributed by atoms with Gasteiger partial charge in [0.05, 0.1) is 10.6 Å². The first kappa shape index (κ1) is 21.2. The molecule has 1 fully saturated rings. The summed E-state index contributed by atoms with van der Waals surface area (Å²) in [6, 6.07) is 9.69. The van der Waals surface area contributed by atoms with E-state index in [2.05, 4.69) is 15.9 Å². The zero-order chi connectivity index (χ0) is 20.3. The maximum Gasteiger partial charge on any atom is 0.243 e. The normalized spacial score (nSPS) is 15.6. The molecule has 0 saturated carbocycles. The van der Waals surface area contributed by atoms with E-state index in [0.29, 0.717) is 4.47 Å². The highest BCUT2D eigenvalue weighted by molar-refractivity contribution is 9.10. The van der Waals surface area contributed by atoms with Crippen molar-refractivity contribution in [1.82, 2.24) is 9.21 Å². The fourth-order valence-corrected chi connectivity index (χ4v) is 5.62. The second-order valence-electron chi connectivity index (χ2n) is 6.11. The Hall–Kier alpha value is -1.49. The molecule has 3 rings (SSSR count). The van der Waals surface area contributed by atoms with Gasteiger partial charge in [0.15, 0.2) is 0 Å². The molecule has 150 valence electrons. The Morgan fingerprint density at radius 3 is 2.43 bits per heavy atom. The number of hydrogen-bond donors (Lipinski definition) is 0. The van der Waals surface area contributed by atoms with Crippen LogP contribution in [0, 0.1) is 11.6 Å².